The molecule has 0 aromatic heterocycles. The molecular weight excluding hydrogens is 460 g/mol. The highest BCUT2D eigenvalue weighted by molar-refractivity contribution is 6.01. The highest BCUT2D eigenvalue weighted by Crippen LogP contribution is 2.26. The van der Waals surface area contributed by atoms with Gasteiger partial charge in [-0.3, -0.25) is 4.79 Å². The third-order valence-corrected chi connectivity index (χ3v) is 5.60. The molecule has 0 unspecified atom stereocenters. The van der Waals surface area contributed by atoms with Crippen LogP contribution in [0.5, 0.6) is 5.75 Å². The summed E-state index contributed by atoms with van der Waals surface area (Å²) in [5.41, 5.74) is 3.91. The largest absolute Gasteiger partial charge is 0.495 e. The molecule has 0 aliphatic carbocycles. The number of carboxylic acid groups (broad SMARTS) is 1. The van der Waals surface area contributed by atoms with E-state index in [2.05, 4.69) is 16.0 Å². The van der Waals surface area contributed by atoms with Gasteiger partial charge in [0.2, 0.25) is 5.91 Å². The van der Waals surface area contributed by atoms with Crippen molar-refractivity contribution >= 4 is 35.0 Å². The minimum absolute atomic E-state index is 0.0712. The summed E-state index contributed by atoms with van der Waals surface area (Å²) in [6.07, 6.45) is 0.176. The van der Waals surface area contributed by atoms with E-state index in [1.54, 1.807) is 42.3 Å². The average molecular weight is 491 g/mol. The predicted octanol–water partition coefficient (Wildman–Crippen LogP) is 4.46. The van der Waals surface area contributed by atoms with Crippen molar-refractivity contribution in [2.75, 3.05) is 43.2 Å². The lowest BCUT2D eigenvalue weighted by atomic mass is 10.1. The number of anilines is 3. The topological polar surface area (TPSA) is 120 Å². The van der Waals surface area contributed by atoms with Gasteiger partial charge in [0.25, 0.3) is 0 Å². The van der Waals surface area contributed by atoms with Crippen molar-refractivity contribution in [3.63, 3.8) is 0 Å². The van der Waals surface area contributed by atoms with E-state index in [0.29, 0.717) is 30.2 Å². The lowest BCUT2D eigenvalue weighted by Crippen LogP contribution is -2.32. The zero-order valence-corrected chi connectivity index (χ0v) is 20.5. The number of amides is 3. The van der Waals surface area contributed by atoms with Gasteiger partial charge in [-0.15, -0.1) is 0 Å². The second-order valence-electron chi connectivity index (χ2n) is 8.23. The summed E-state index contributed by atoms with van der Waals surface area (Å²) in [5.74, 6) is -0.592. The molecule has 0 radical (unpaired) electrons. The number of para-hydroxylation sites is 1. The Morgan fingerprint density at radius 2 is 1.64 bits per heavy atom. The Hall–Kier alpha value is -4.53. The lowest BCUT2D eigenvalue weighted by molar-refractivity contribution is -0.129. The maximum atomic E-state index is 12.7. The van der Waals surface area contributed by atoms with Crippen molar-refractivity contribution in [3.05, 3.63) is 83.4 Å². The molecule has 188 valence electrons. The Balaban J connectivity index is 1.52. The molecule has 0 aliphatic rings. The Morgan fingerprint density at radius 3 is 2.31 bits per heavy atom. The Morgan fingerprint density at radius 1 is 0.944 bits per heavy atom. The normalized spacial score (nSPS) is 10.3. The van der Waals surface area contributed by atoms with Crippen molar-refractivity contribution in [1.82, 2.24) is 4.90 Å². The number of nitrogens with one attached hydrogen (secondary N) is 3. The van der Waals surface area contributed by atoms with Crippen LogP contribution in [-0.2, 0) is 11.2 Å². The van der Waals surface area contributed by atoms with Crippen LogP contribution in [0, 0.1) is 6.92 Å². The SMILES string of the molecule is COc1cc(CC(=O)N(C)CCNc2ccc(C(=O)O)cc2)ccc1NC(=O)Nc1ccccc1C. The zero-order chi connectivity index (χ0) is 26.1. The van der Waals surface area contributed by atoms with Crippen molar-refractivity contribution in [3.8, 4) is 5.75 Å². The number of carboxylic acids is 1. The van der Waals surface area contributed by atoms with Gasteiger partial charge in [-0.2, -0.15) is 0 Å². The van der Waals surface area contributed by atoms with E-state index in [4.69, 9.17) is 9.84 Å². The fourth-order valence-electron chi connectivity index (χ4n) is 3.47. The number of ether oxygens (including phenoxy) is 1. The van der Waals surface area contributed by atoms with Crippen LogP contribution < -0.4 is 20.7 Å². The monoisotopic (exact) mass is 490 g/mol. The van der Waals surface area contributed by atoms with Gasteiger partial charge in [0.05, 0.1) is 24.8 Å². The summed E-state index contributed by atoms with van der Waals surface area (Å²) >= 11 is 0. The molecule has 0 saturated carbocycles. The van der Waals surface area contributed by atoms with Crippen LogP contribution in [0.4, 0.5) is 21.9 Å². The highest BCUT2D eigenvalue weighted by Gasteiger charge is 2.14. The lowest BCUT2D eigenvalue weighted by Gasteiger charge is -2.19. The van der Waals surface area contributed by atoms with Crippen LogP contribution >= 0.6 is 0 Å². The molecule has 3 amide bonds. The molecule has 9 nitrogen and oxygen atoms in total. The van der Waals surface area contributed by atoms with Crippen molar-refractivity contribution < 1.29 is 24.2 Å². The summed E-state index contributed by atoms with van der Waals surface area (Å²) < 4.78 is 5.43. The molecule has 0 saturated heterocycles. The Kier molecular flexibility index (Phi) is 8.88. The number of hydrogen-bond acceptors (Lipinski definition) is 5. The summed E-state index contributed by atoms with van der Waals surface area (Å²) in [7, 11) is 3.23. The quantitative estimate of drug-likeness (QED) is 0.333. The van der Waals surface area contributed by atoms with Crippen LogP contribution in [0.1, 0.15) is 21.5 Å². The van der Waals surface area contributed by atoms with E-state index >= 15 is 0 Å². The summed E-state index contributed by atoms with van der Waals surface area (Å²) in [5, 5.41) is 17.7. The Labute approximate surface area is 210 Å². The van der Waals surface area contributed by atoms with Crippen molar-refractivity contribution in [1.29, 1.82) is 0 Å². The first-order valence-corrected chi connectivity index (χ1v) is 11.4. The molecule has 0 fully saturated rings. The van der Waals surface area contributed by atoms with Gasteiger partial charge in [-0.1, -0.05) is 24.3 Å². The van der Waals surface area contributed by atoms with E-state index in [-0.39, 0.29) is 17.9 Å². The van der Waals surface area contributed by atoms with Gasteiger partial charge in [-0.25, -0.2) is 9.59 Å². The number of nitrogens with zero attached hydrogens (tertiary/aromatic N) is 1. The van der Waals surface area contributed by atoms with E-state index in [0.717, 1.165) is 16.8 Å². The van der Waals surface area contributed by atoms with Gasteiger partial charge >= 0.3 is 12.0 Å². The summed E-state index contributed by atoms with van der Waals surface area (Å²) in [4.78, 5) is 37.7. The molecule has 3 rings (SSSR count). The molecule has 0 heterocycles. The molecule has 0 spiro atoms. The van der Waals surface area contributed by atoms with Gasteiger partial charge in [-0.05, 0) is 60.5 Å². The van der Waals surface area contributed by atoms with Gasteiger partial charge in [0, 0.05) is 31.5 Å². The first kappa shape index (κ1) is 26.1. The predicted molar refractivity (Wildman–Crippen MR) is 140 cm³/mol. The first-order valence-electron chi connectivity index (χ1n) is 11.4. The van der Waals surface area contributed by atoms with Crippen molar-refractivity contribution in [2.24, 2.45) is 0 Å². The molecule has 36 heavy (non-hydrogen) atoms. The van der Waals surface area contributed by atoms with Crippen LogP contribution in [-0.4, -0.2) is 55.2 Å². The fraction of sp³-hybridized carbons (Fsp3) is 0.222. The minimum Gasteiger partial charge on any atom is -0.495 e. The van der Waals surface area contributed by atoms with Crippen molar-refractivity contribution in [2.45, 2.75) is 13.3 Å². The molecule has 9 heteroatoms. The fourth-order valence-corrected chi connectivity index (χ4v) is 3.47. The smallest absolute Gasteiger partial charge is 0.335 e. The third kappa shape index (κ3) is 7.23. The Bertz CT molecular complexity index is 1230. The molecular formula is C27H30N4O5. The van der Waals surface area contributed by atoms with Crippen LogP contribution in [0.25, 0.3) is 0 Å². The number of hydrogen-bond donors (Lipinski definition) is 4. The molecule has 3 aromatic rings. The maximum absolute atomic E-state index is 12.7. The second kappa shape index (κ2) is 12.3. The number of methoxy groups -OCH3 is 1. The number of urea groups is 1. The third-order valence-electron chi connectivity index (χ3n) is 5.60. The number of aromatic carboxylic acids is 1. The summed E-state index contributed by atoms with van der Waals surface area (Å²) in [6, 6.07) is 18.7. The number of likely N-dealkylation sites (N-methyl/N-ethyl adjacent to an activating group) is 1. The maximum Gasteiger partial charge on any atom is 0.335 e. The first-order chi connectivity index (χ1) is 17.3. The number of benzene rings is 3. The van der Waals surface area contributed by atoms with E-state index in [9.17, 15) is 14.4 Å². The molecule has 4 N–H and O–H groups in total. The van der Waals surface area contributed by atoms with Crippen LogP contribution in [0.2, 0.25) is 0 Å². The number of carbonyl (C=O) groups excluding carboxylic acids is 2. The molecule has 0 bridgehead atoms. The minimum atomic E-state index is -0.974. The van der Waals surface area contributed by atoms with E-state index in [1.807, 2.05) is 31.2 Å². The average Bonchev–Trinajstić information content (AvgIpc) is 2.86. The second-order valence-corrected chi connectivity index (χ2v) is 8.23. The van der Waals surface area contributed by atoms with E-state index < -0.39 is 12.0 Å². The number of carbonyl (C=O) groups is 3. The van der Waals surface area contributed by atoms with E-state index in [1.165, 1.54) is 19.2 Å². The standard InChI is InChI=1S/C27H30N4O5/c1-18-6-4-5-7-22(18)29-27(35)30-23-13-8-19(16-24(23)36-3)17-25(32)31(2)15-14-28-21-11-9-20(10-12-21)26(33)34/h4-13,16,28H,14-15,17H2,1-3H3,(H,33,34)(H2,29,30,35). The molecule has 0 atom stereocenters. The molecule has 0 aliphatic heterocycles. The number of rotatable bonds is 10. The highest BCUT2D eigenvalue weighted by atomic mass is 16.5. The van der Waals surface area contributed by atoms with Gasteiger partial charge in [0.15, 0.2) is 0 Å². The van der Waals surface area contributed by atoms with Crippen LogP contribution in [0.15, 0.2) is 66.7 Å². The number of aryl methyl sites for hydroxylation is 1. The summed E-state index contributed by atoms with van der Waals surface area (Å²) in [6.45, 7) is 2.89. The van der Waals surface area contributed by atoms with Gasteiger partial charge < -0.3 is 30.7 Å². The van der Waals surface area contributed by atoms with Gasteiger partial charge in [0.1, 0.15) is 5.75 Å². The zero-order valence-electron chi connectivity index (χ0n) is 20.5. The molecule has 3 aromatic carbocycles. The van der Waals surface area contributed by atoms with Crippen LogP contribution in [0.3, 0.4) is 0 Å².